The second-order valence-electron chi connectivity index (χ2n) is 3.76. The second-order valence-corrected chi connectivity index (χ2v) is 3.76. The fourth-order valence-corrected chi connectivity index (χ4v) is 1.67. The first-order valence-electron chi connectivity index (χ1n) is 5.38. The van der Waals surface area contributed by atoms with Crippen LogP contribution in [0.25, 0.3) is 17.3 Å². The minimum Gasteiger partial charge on any atom is -0.264 e. The van der Waals surface area contributed by atoms with E-state index in [1.165, 1.54) is 6.33 Å². The molecule has 1 heterocycles. The molecule has 0 aliphatic rings. The zero-order chi connectivity index (χ0) is 13.1. The summed E-state index contributed by atoms with van der Waals surface area (Å²) >= 11 is 0. The molecule has 0 aliphatic heterocycles. The first-order valence-corrected chi connectivity index (χ1v) is 5.38. The van der Waals surface area contributed by atoms with Gasteiger partial charge in [-0.3, -0.25) is 4.99 Å². The molecule has 4 heteroatoms. The van der Waals surface area contributed by atoms with Crippen LogP contribution in [0.4, 0.5) is 10.1 Å². The van der Waals surface area contributed by atoms with Crippen LogP contribution in [0.1, 0.15) is 11.3 Å². The third-order valence-electron chi connectivity index (χ3n) is 2.65. The average Bonchev–Trinajstić information content (AvgIpc) is 2.41. The van der Waals surface area contributed by atoms with Crippen LogP contribution in [-0.4, -0.2) is 16.7 Å². The van der Waals surface area contributed by atoms with Crippen molar-refractivity contribution in [3.05, 3.63) is 48.2 Å². The minimum absolute atomic E-state index is 0.279. The number of halogens is 1. The Balaban J connectivity index is 2.61. The SMILES string of the molecule is C=Cc1cc(-c2ncnc(C)c2F)ccc1N=C. The summed E-state index contributed by atoms with van der Waals surface area (Å²) in [5, 5.41) is 0. The largest absolute Gasteiger partial charge is 0.264 e. The van der Waals surface area contributed by atoms with Crippen LogP contribution in [0, 0.1) is 12.7 Å². The monoisotopic (exact) mass is 241 g/mol. The van der Waals surface area contributed by atoms with E-state index < -0.39 is 5.82 Å². The van der Waals surface area contributed by atoms with E-state index in [9.17, 15) is 4.39 Å². The first-order chi connectivity index (χ1) is 8.67. The van der Waals surface area contributed by atoms with E-state index >= 15 is 0 Å². The lowest BCUT2D eigenvalue weighted by atomic mass is 10.1. The van der Waals surface area contributed by atoms with Crippen LogP contribution < -0.4 is 0 Å². The summed E-state index contributed by atoms with van der Waals surface area (Å²) in [6, 6.07) is 5.29. The smallest absolute Gasteiger partial charge is 0.170 e. The fourth-order valence-electron chi connectivity index (χ4n) is 1.67. The lowest BCUT2D eigenvalue weighted by molar-refractivity contribution is 0.606. The number of hydrogen-bond donors (Lipinski definition) is 0. The number of aryl methyl sites for hydroxylation is 1. The van der Waals surface area contributed by atoms with Crippen molar-refractivity contribution in [1.29, 1.82) is 0 Å². The zero-order valence-corrected chi connectivity index (χ0v) is 10.0. The predicted molar refractivity (Wildman–Crippen MR) is 71.5 cm³/mol. The van der Waals surface area contributed by atoms with Gasteiger partial charge in [0.15, 0.2) is 5.82 Å². The van der Waals surface area contributed by atoms with Gasteiger partial charge in [-0.15, -0.1) is 0 Å². The van der Waals surface area contributed by atoms with E-state index in [2.05, 4.69) is 28.3 Å². The highest BCUT2D eigenvalue weighted by Gasteiger charge is 2.11. The molecule has 0 radical (unpaired) electrons. The van der Waals surface area contributed by atoms with Crippen molar-refractivity contribution in [2.45, 2.75) is 6.92 Å². The summed E-state index contributed by atoms with van der Waals surface area (Å²) in [7, 11) is 0. The van der Waals surface area contributed by atoms with Gasteiger partial charge in [0.1, 0.15) is 12.0 Å². The van der Waals surface area contributed by atoms with E-state index in [0.717, 1.165) is 5.56 Å². The molecule has 1 aromatic carbocycles. The van der Waals surface area contributed by atoms with Gasteiger partial charge in [0.05, 0.1) is 11.4 Å². The molecule has 2 aromatic rings. The summed E-state index contributed by atoms with van der Waals surface area (Å²) in [6.07, 6.45) is 3.00. The molecule has 0 fully saturated rings. The molecule has 2 rings (SSSR count). The number of rotatable bonds is 3. The number of hydrogen-bond acceptors (Lipinski definition) is 3. The third-order valence-corrected chi connectivity index (χ3v) is 2.65. The molecule has 3 nitrogen and oxygen atoms in total. The van der Waals surface area contributed by atoms with Crippen molar-refractivity contribution in [3.63, 3.8) is 0 Å². The Morgan fingerprint density at radius 2 is 2.11 bits per heavy atom. The molecule has 0 aliphatic carbocycles. The van der Waals surface area contributed by atoms with Crippen molar-refractivity contribution >= 4 is 18.5 Å². The highest BCUT2D eigenvalue weighted by Crippen LogP contribution is 2.28. The number of benzene rings is 1. The second kappa shape index (κ2) is 4.87. The highest BCUT2D eigenvalue weighted by atomic mass is 19.1. The Kier molecular flexibility index (Phi) is 3.28. The van der Waals surface area contributed by atoms with Crippen molar-refractivity contribution in [3.8, 4) is 11.3 Å². The van der Waals surface area contributed by atoms with Crippen LogP contribution >= 0.6 is 0 Å². The molecule has 0 saturated heterocycles. The zero-order valence-electron chi connectivity index (χ0n) is 10.0. The molecule has 90 valence electrons. The fraction of sp³-hybridized carbons (Fsp3) is 0.0714. The lowest BCUT2D eigenvalue weighted by Crippen LogP contribution is -1.95. The Hall–Kier alpha value is -2.36. The first kappa shape index (κ1) is 12.1. The van der Waals surface area contributed by atoms with Gasteiger partial charge in [-0.1, -0.05) is 18.7 Å². The van der Waals surface area contributed by atoms with E-state index in [1.807, 2.05) is 0 Å². The average molecular weight is 241 g/mol. The van der Waals surface area contributed by atoms with Crippen molar-refractivity contribution in [2.75, 3.05) is 0 Å². The standard InChI is InChI=1S/C14H12FN3/c1-4-10-7-11(5-6-12(10)16-3)14-13(15)9(2)17-8-18-14/h4-8H,1,3H2,2H3. The van der Waals surface area contributed by atoms with Gasteiger partial charge in [-0.2, -0.15) is 0 Å². The Morgan fingerprint density at radius 1 is 1.33 bits per heavy atom. The summed E-state index contributed by atoms with van der Waals surface area (Å²) in [4.78, 5) is 11.6. The molecule has 18 heavy (non-hydrogen) atoms. The topological polar surface area (TPSA) is 38.1 Å². The maximum Gasteiger partial charge on any atom is 0.170 e. The molecule has 0 unspecified atom stereocenters. The normalized spacial score (nSPS) is 10.1. The van der Waals surface area contributed by atoms with Crippen molar-refractivity contribution in [1.82, 2.24) is 9.97 Å². The molecular formula is C14H12FN3. The predicted octanol–water partition coefficient (Wildman–Crippen LogP) is 3.57. The van der Waals surface area contributed by atoms with Crippen molar-refractivity contribution < 1.29 is 4.39 Å². The van der Waals surface area contributed by atoms with E-state index in [1.54, 1.807) is 31.2 Å². The molecule has 0 spiro atoms. The van der Waals surface area contributed by atoms with E-state index in [0.29, 0.717) is 16.9 Å². The molecule has 0 atom stereocenters. The number of nitrogens with zero attached hydrogens (tertiary/aromatic N) is 3. The maximum absolute atomic E-state index is 13.9. The Bertz CT molecular complexity index is 620. The van der Waals surface area contributed by atoms with Crippen LogP contribution in [0.3, 0.4) is 0 Å². The third kappa shape index (κ3) is 2.05. The molecular weight excluding hydrogens is 229 g/mol. The molecule has 0 saturated carbocycles. The van der Waals surface area contributed by atoms with Gasteiger partial charge in [-0.25, -0.2) is 14.4 Å². The van der Waals surface area contributed by atoms with Crippen LogP contribution in [0.2, 0.25) is 0 Å². The quantitative estimate of drug-likeness (QED) is 0.770. The van der Waals surface area contributed by atoms with Gasteiger partial charge in [0, 0.05) is 11.1 Å². The van der Waals surface area contributed by atoms with Gasteiger partial charge in [0.2, 0.25) is 0 Å². The van der Waals surface area contributed by atoms with Crippen molar-refractivity contribution in [2.24, 2.45) is 4.99 Å². The Morgan fingerprint density at radius 3 is 2.78 bits per heavy atom. The molecule has 0 amide bonds. The summed E-state index contributed by atoms with van der Waals surface area (Å²) in [6.45, 7) is 8.78. The van der Waals surface area contributed by atoms with E-state index in [4.69, 9.17) is 0 Å². The van der Waals surface area contributed by atoms with Gasteiger partial charge < -0.3 is 0 Å². The van der Waals surface area contributed by atoms with Crippen LogP contribution in [-0.2, 0) is 0 Å². The maximum atomic E-state index is 13.9. The number of aromatic nitrogens is 2. The summed E-state index contributed by atoms with van der Waals surface area (Å²) < 4.78 is 13.9. The molecule has 1 aromatic heterocycles. The number of aliphatic imine (C=N–C) groups is 1. The van der Waals surface area contributed by atoms with Gasteiger partial charge in [-0.05, 0) is 25.8 Å². The summed E-state index contributed by atoms with van der Waals surface area (Å²) in [5.41, 5.74) is 2.77. The van der Waals surface area contributed by atoms with Gasteiger partial charge >= 0.3 is 0 Å². The highest BCUT2D eigenvalue weighted by molar-refractivity contribution is 5.72. The van der Waals surface area contributed by atoms with Gasteiger partial charge in [0.25, 0.3) is 0 Å². The van der Waals surface area contributed by atoms with Crippen LogP contribution in [0.15, 0.2) is 36.1 Å². The lowest BCUT2D eigenvalue weighted by Gasteiger charge is -2.06. The molecule has 0 bridgehead atoms. The van der Waals surface area contributed by atoms with Crippen LogP contribution in [0.5, 0.6) is 0 Å². The summed E-state index contributed by atoms with van der Waals surface area (Å²) in [5.74, 6) is -0.410. The minimum atomic E-state index is -0.410. The molecule has 0 N–H and O–H groups in total. The van der Waals surface area contributed by atoms with E-state index in [-0.39, 0.29) is 5.69 Å². The Labute approximate surface area is 105 Å².